The summed E-state index contributed by atoms with van der Waals surface area (Å²) in [7, 11) is 0. The van der Waals surface area contributed by atoms with Crippen LogP contribution in [0.5, 0.6) is 0 Å². The lowest BCUT2D eigenvalue weighted by molar-refractivity contribution is 1.07. The predicted octanol–water partition coefficient (Wildman–Crippen LogP) is 12.6. The molecule has 0 atom stereocenters. The van der Waals surface area contributed by atoms with Gasteiger partial charge in [0.2, 0.25) is 0 Å². The van der Waals surface area contributed by atoms with Gasteiger partial charge >= 0.3 is 0 Å². The van der Waals surface area contributed by atoms with Crippen molar-refractivity contribution >= 4 is 37.2 Å². The van der Waals surface area contributed by atoms with Crippen molar-refractivity contribution < 1.29 is 0 Å². The Hall–Kier alpha value is -7.73. The third-order valence-electron chi connectivity index (χ3n) is 9.84. The minimum Gasteiger partial charge on any atom is -0.238 e. The number of rotatable bonds is 7. The molecule has 0 aliphatic carbocycles. The Kier molecular flexibility index (Phi) is 8.60. The van der Waals surface area contributed by atoms with Crippen molar-refractivity contribution in [1.29, 1.82) is 0 Å². The largest absolute Gasteiger partial charge is 0.238 e. The third-order valence-corrected chi connectivity index (χ3v) is 11.1. The second-order valence-electron chi connectivity index (χ2n) is 13.4. The number of thiophene rings is 1. The maximum Gasteiger partial charge on any atom is 0.194 e. The molecule has 57 heavy (non-hydrogen) atoms. The van der Waals surface area contributed by atoms with Crippen LogP contribution in [0.25, 0.3) is 104 Å². The standard InChI is InChI=1S/C49H29N7S/c1-50-41-23-12-11-20-37(41)31-24-26-35(27-25-31)47-52-46(34-18-9-4-10-19-34)55-49(56-47)39-22-13-21-38-40-30-36(28-29-42(40)57-43(38)39)48-53-44(32-14-5-2-6-15-32)51-45(54-48)33-16-7-3-8-17-33/h2-30H. The summed E-state index contributed by atoms with van der Waals surface area (Å²) in [6.45, 7) is 7.63. The fourth-order valence-electron chi connectivity index (χ4n) is 7.01. The van der Waals surface area contributed by atoms with E-state index in [9.17, 15) is 0 Å². The summed E-state index contributed by atoms with van der Waals surface area (Å²) in [6.07, 6.45) is 0. The average Bonchev–Trinajstić information content (AvgIpc) is 3.68. The lowest BCUT2D eigenvalue weighted by Gasteiger charge is -2.10. The number of benzene rings is 7. The molecule has 0 spiro atoms. The van der Waals surface area contributed by atoms with Gasteiger partial charge in [-0.05, 0) is 35.4 Å². The Balaban J connectivity index is 1.09. The zero-order valence-electron chi connectivity index (χ0n) is 30.3. The minimum absolute atomic E-state index is 0.572. The van der Waals surface area contributed by atoms with Crippen molar-refractivity contribution in [3.8, 4) is 79.5 Å². The zero-order chi connectivity index (χ0) is 38.1. The lowest BCUT2D eigenvalue weighted by atomic mass is 10.0. The smallest absolute Gasteiger partial charge is 0.194 e. The van der Waals surface area contributed by atoms with Crippen LogP contribution in [0.4, 0.5) is 5.69 Å². The predicted molar refractivity (Wildman–Crippen MR) is 230 cm³/mol. The molecule has 0 amide bonds. The number of para-hydroxylation sites is 1. The molecule has 266 valence electrons. The Morgan fingerprint density at radius 3 is 1.35 bits per heavy atom. The van der Waals surface area contributed by atoms with E-state index in [4.69, 9.17) is 36.5 Å². The van der Waals surface area contributed by atoms with E-state index < -0.39 is 0 Å². The van der Waals surface area contributed by atoms with Gasteiger partial charge in [-0.2, -0.15) is 0 Å². The molecular formula is C49H29N7S. The molecular weight excluding hydrogens is 719 g/mol. The minimum atomic E-state index is 0.572. The van der Waals surface area contributed by atoms with Gasteiger partial charge in [0, 0.05) is 53.6 Å². The van der Waals surface area contributed by atoms with Crippen LogP contribution in [-0.2, 0) is 0 Å². The molecule has 0 fully saturated rings. The van der Waals surface area contributed by atoms with Crippen LogP contribution in [0.1, 0.15) is 0 Å². The van der Waals surface area contributed by atoms with Crippen LogP contribution in [0.2, 0.25) is 0 Å². The van der Waals surface area contributed by atoms with Crippen LogP contribution in [0.3, 0.4) is 0 Å². The van der Waals surface area contributed by atoms with Gasteiger partial charge in [0.05, 0.1) is 6.57 Å². The lowest BCUT2D eigenvalue weighted by Crippen LogP contribution is -2.00. The normalized spacial score (nSPS) is 11.1. The summed E-state index contributed by atoms with van der Waals surface area (Å²) in [6, 6.07) is 58.5. The third kappa shape index (κ3) is 6.48. The molecule has 10 aromatic rings. The summed E-state index contributed by atoms with van der Waals surface area (Å²) >= 11 is 1.72. The van der Waals surface area contributed by atoms with Crippen molar-refractivity contribution in [3.63, 3.8) is 0 Å². The Morgan fingerprint density at radius 2 is 0.789 bits per heavy atom. The molecule has 3 heterocycles. The highest BCUT2D eigenvalue weighted by molar-refractivity contribution is 7.26. The Bertz CT molecular complexity index is 3060. The average molecular weight is 748 g/mol. The molecule has 7 nitrogen and oxygen atoms in total. The summed E-state index contributed by atoms with van der Waals surface area (Å²) in [5.74, 6) is 3.62. The number of hydrogen-bond acceptors (Lipinski definition) is 7. The van der Waals surface area contributed by atoms with Crippen molar-refractivity contribution in [3.05, 3.63) is 187 Å². The number of aromatic nitrogens is 6. The quantitative estimate of drug-likeness (QED) is 0.151. The fraction of sp³-hybridized carbons (Fsp3) is 0. The van der Waals surface area contributed by atoms with Crippen LogP contribution in [-0.4, -0.2) is 29.9 Å². The fourth-order valence-corrected chi connectivity index (χ4v) is 8.20. The van der Waals surface area contributed by atoms with Crippen molar-refractivity contribution in [2.45, 2.75) is 0 Å². The van der Waals surface area contributed by atoms with E-state index in [1.54, 1.807) is 11.3 Å². The molecule has 3 aromatic heterocycles. The highest BCUT2D eigenvalue weighted by atomic mass is 32.1. The van der Waals surface area contributed by atoms with E-state index >= 15 is 0 Å². The second kappa shape index (κ2) is 14.5. The first-order valence-corrected chi connectivity index (χ1v) is 19.2. The molecule has 0 unspecified atom stereocenters. The Morgan fingerprint density at radius 1 is 0.351 bits per heavy atom. The van der Waals surface area contributed by atoms with E-state index in [0.29, 0.717) is 40.6 Å². The SMILES string of the molecule is [C-]#[N+]c1ccccc1-c1ccc(-c2nc(-c3ccccc3)nc(-c3cccc4c3sc3ccc(-c5nc(-c6ccccc6)nc(-c6ccccc6)n5)cc34)n2)cc1. The van der Waals surface area contributed by atoms with Gasteiger partial charge in [0.25, 0.3) is 0 Å². The first-order valence-electron chi connectivity index (χ1n) is 18.4. The van der Waals surface area contributed by atoms with E-state index in [-0.39, 0.29) is 0 Å². The van der Waals surface area contributed by atoms with Gasteiger partial charge in [-0.3, -0.25) is 0 Å². The van der Waals surface area contributed by atoms with Crippen LogP contribution in [0, 0.1) is 6.57 Å². The molecule has 0 radical (unpaired) electrons. The molecule has 10 rings (SSSR count). The first-order chi connectivity index (χ1) is 28.2. The number of nitrogens with zero attached hydrogens (tertiary/aromatic N) is 7. The topological polar surface area (TPSA) is 81.7 Å². The van der Waals surface area contributed by atoms with Gasteiger partial charge in [0.15, 0.2) is 40.6 Å². The highest BCUT2D eigenvalue weighted by Crippen LogP contribution is 2.41. The molecule has 7 aromatic carbocycles. The molecule has 0 aliphatic heterocycles. The van der Waals surface area contributed by atoms with Crippen LogP contribution >= 0.6 is 11.3 Å². The summed E-state index contributed by atoms with van der Waals surface area (Å²) in [5.41, 5.74) is 7.92. The maximum atomic E-state index is 7.63. The monoisotopic (exact) mass is 747 g/mol. The first kappa shape index (κ1) is 33.8. The van der Waals surface area contributed by atoms with Gasteiger partial charge in [0.1, 0.15) is 0 Å². The molecule has 0 saturated carbocycles. The molecule has 0 bridgehead atoms. The molecule has 8 heteroatoms. The van der Waals surface area contributed by atoms with Crippen LogP contribution < -0.4 is 0 Å². The van der Waals surface area contributed by atoms with Crippen molar-refractivity contribution in [2.75, 3.05) is 0 Å². The van der Waals surface area contributed by atoms with E-state index in [1.165, 1.54) is 0 Å². The number of fused-ring (bicyclic) bond motifs is 3. The highest BCUT2D eigenvalue weighted by Gasteiger charge is 2.19. The van der Waals surface area contributed by atoms with Gasteiger partial charge < -0.3 is 0 Å². The summed E-state index contributed by atoms with van der Waals surface area (Å²) in [5, 5.41) is 2.20. The molecule has 0 N–H and O–H groups in total. The van der Waals surface area contributed by atoms with Gasteiger partial charge in [-0.25, -0.2) is 34.7 Å². The van der Waals surface area contributed by atoms with Gasteiger partial charge in [-0.1, -0.05) is 152 Å². The maximum absolute atomic E-state index is 7.63. The van der Waals surface area contributed by atoms with E-state index in [0.717, 1.165) is 64.7 Å². The summed E-state index contributed by atoms with van der Waals surface area (Å²) < 4.78 is 2.21. The van der Waals surface area contributed by atoms with E-state index in [2.05, 4.69) is 41.2 Å². The van der Waals surface area contributed by atoms with Gasteiger partial charge in [-0.15, -0.1) is 11.3 Å². The van der Waals surface area contributed by atoms with Crippen molar-refractivity contribution in [2.24, 2.45) is 0 Å². The molecule has 0 aliphatic rings. The van der Waals surface area contributed by atoms with Crippen molar-refractivity contribution in [1.82, 2.24) is 29.9 Å². The zero-order valence-corrected chi connectivity index (χ0v) is 31.1. The second-order valence-corrected chi connectivity index (χ2v) is 14.5. The van der Waals surface area contributed by atoms with Crippen LogP contribution in [0.15, 0.2) is 176 Å². The van der Waals surface area contributed by atoms with E-state index in [1.807, 2.05) is 140 Å². The number of hydrogen-bond donors (Lipinski definition) is 0. The Labute approximate surface area is 332 Å². The molecule has 0 saturated heterocycles. The summed E-state index contributed by atoms with van der Waals surface area (Å²) in [4.78, 5) is 33.7.